The Hall–Kier alpha value is -0.400. The van der Waals surface area contributed by atoms with Crippen molar-refractivity contribution in [2.45, 2.75) is 25.8 Å². The van der Waals surface area contributed by atoms with Gasteiger partial charge in [0.1, 0.15) is 11.3 Å². The topological polar surface area (TPSA) is 30.8 Å². The SMILES string of the molecule is C=C1OC[C@@H]2[C@@H](CCOP)C(C)=N[C@]12C. The van der Waals surface area contributed by atoms with E-state index in [2.05, 4.69) is 29.9 Å². The highest BCUT2D eigenvalue weighted by Crippen LogP contribution is 2.47. The number of hydrogen-bond acceptors (Lipinski definition) is 3. The van der Waals surface area contributed by atoms with Crippen molar-refractivity contribution in [3.05, 3.63) is 12.3 Å². The summed E-state index contributed by atoms with van der Waals surface area (Å²) in [5.74, 6) is 1.75. The molecule has 0 N–H and O–H groups in total. The van der Waals surface area contributed by atoms with Crippen LogP contribution in [-0.2, 0) is 9.26 Å². The number of nitrogens with zero attached hydrogens (tertiary/aromatic N) is 1. The third-order valence-corrected chi connectivity index (χ3v) is 3.94. The van der Waals surface area contributed by atoms with E-state index in [-0.39, 0.29) is 5.54 Å². The van der Waals surface area contributed by atoms with Crippen molar-refractivity contribution in [2.24, 2.45) is 16.8 Å². The Morgan fingerprint density at radius 3 is 3.13 bits per heavy atom. The minimum absolute atomic E-state index is 0.185. The van der Waals surface area contributed by atoms with Crippen LogP contribution in [0.4, 0.5) is 0 Å². The lowest BCUT2D eigenvalue weighted by atomic mass is 9.79. The van der Waals surface area contributed by atoms with Gasteiger partial charge in [0.25, 0.3) is 0 Å². The molecule has 4 atom stereocenters. The molecule has 1 fully saturated rings. The van der Waals surface area contributed by atoms with Crippen LogP contribution in [0.3, 0.4) is 0 Å². The average molecular weight is 227 g/mol. The lowest BCUT2D eigenvalue weighted by molar-refractivity contribution is 0.218. The molecule has 84 valence electrons. The van der Waals surface area contributed by atoms with E-state index in [0.29, 0.717) is 11.8 Å². The normalized spacial score (nSPS) is 38.9. The summed E-state index contributed by atoms with van der Waals surface area (Å²) in [5.41, 5.74) is 1.03. The van der Waals surface area contributed by atoms with Gasteiger partial charge in [0, 0.05) is 27.0 Å². The van der Waals surface area contributed by atoms with Gasteiger partial charge in [-0.25, -0.2) is 0 Å². The van der Waals surface area contributed by atoms with E-state index in [1.807, 2.05) is 0 Å². The van der Waals surface area contributed by atoms with E-state index < -0.39 is 0 Å². The Kier molecular flexibility index (Phi) is 2.87. The van der Waals surface area contributed by atoms with E-state index in [1.54, 1.807) is 0 Å². The summed E-state index contributed by atoms with van der Waals surface area (Å²) in [6, 6.07) is 0. The van der Waals surface area contributed by atoms with Gasteiger partial charge in [0.05, 0.1) is 13.2 Å². The second-order valence-corrected chi connectivity index (χ2v) is 4.84. The fourth-order valence-electron chi connectivity index (χ4n) is 2.70. The summed E-state index contributed by atoms with van der Waals surface area (Å²) in [7, 11) is 2.29. The van der Waals surface area contributed by atoms with E-state index in [0.717, 1.165) is 25.4 Å². The summed E-state index contributed by atoms with van der Waals surface area (Å²) in [5, 5.41) is 0. The van der Waals surface area contributed by atoms with E-state index in [4.69, 9.17) is 14.3 Å². The summed E-state index contributed by atoms with van der Waals surface area (Å²) >= 11 is 0. The predicted octanol–water partition coefficient (Wildman–Crippen LogP) is 2.19. The Labute approximate surface area is 93.2 Å². The molecule has 0 radical (unpaired) electrons. The Bertz CT molecular complexity index is 316. The molecule has 0 bridgehead atoms. The molecule has 2 rings (SSSR count). The highest BCUT2D eigenvalue weighted by atomic mass is 31.0. The van der Waals surface area contributed by atoms with E-state index >= 15 is 0 Å². The van der Waals surface area contributed by atoms with Gasteiger partial charge in [0.15, 0.2) is 0 Å². The lowest BCUT2D eigenvalue weighted by Gasteiger charge is -2.22. The van der Waals surface area contributed by atoms with Gasteiger partial charge in [-0.05, 0) is 20.3 Å². The van der Waals surface area contributed by atoms with Crippen LogP contribution in [0.15, 0.2) is 17.3 Å². The number of rotatable bonds is 3. The Balaban J connectivity index is 2.17. The van der Waals surface area contributed by atoms with Crippen molar-refractivity contribution in [2.75, 3.05) is 13.2 Å². The van der Waals surface area contributed by atoms with E-state index in [9.17, 15) is 0 Å². The summed E-state index contributed by atoms with van der Waals surface area (Å²) in [4.78, 5) is 4.73. The Morgan fingerprint density at radius 2 is 2.47 bits per heavy atom. The first-order valence-electron chi connectivity index (χ1n) is 5.30. The maximum Gasteiger partial charge on any atom is 0.121 e. The molecule has 0 aromatic heterocycles. The van der Waals surface area contributed by atoms with Gasteiger partial charge >= 0.3 is 0 Å². The summed E-state index contributed by atoms with van der Waals surface area (Å²) in [6.07, 6.45) is 1.01. The van der Waals surface area contributed by atoms with Gasteiger partial charge in [-0.2, -0.15) is 0 Å². The highest BCUT2D eigenvalue weighted by Gasteiger charge is 2.52. The smallest absolute Gasteiger partial charge is 0.121 e. The third-order valence-electron chi connectivity index (χ3n) is 3.70. The minimum Gasteiger partial charge on any atom is -0.496 e. The molecule has 0 amide bonds. The maximum atomic E-state index is 5.53. The molecular formula is C11H18NO2P. The first-order chi connectivity index (χ1) is 7.09. The molecule has 0 aromatic rings. The maximum absolute atomic E-state index is 5.53. The number of ether oxygens (including phenoxy) is 1. The fraction of sp³-hybridized carbons (Fsp3) is 0.727. The quantitative estimate of drug-likeness (QED) is 0.692. The molecule has 2 aliphatic heterocycles. The Morgan fingerprint density at radius 1 is 1.73 bits per heavy atom. The van der Waals surface area contributed by atoms with Crippen molar-refractivity contribution >= 4 is 15.2 Å². The number of fused-ring (bicyclic) bond motifs is 1. The first-order valence-corrected chi connectivity index (χ1v) is 5.77. The van der Waals surface area contributed by atoms with Crippen LogP contribution in [0.25, 0.3) is 0 Å². The zero-order valence-corrected chi connectivity index (χ0v) is 10.5. The predicted molar refractivity (Wildman–Crippen MR) is 63.9 cm³/mol. The molecule has 1 unspecified atom stereocenters. The molecular weight excluding hydrogens is 209 g/mol. The summed E-state index contributed by atoms with van der Waals surface area (Å²) in [6.45, 7) is 9.68. The molecule has 1 saturated heterocycles. The summed E-state index contributed by atoms with van der Waals surface area (Å²) < 4.78 is 10.6. The molecule has 2 heterocycles. The molecule has 0 aliphatic carbocycles. The second-order valence-electron chi connectivity index (χ2n) is 4.51. The molecule has 0 aromatic carbocycles. The highest BCUT2D eigenvalue weighted by molar-refractivity contribution is 7.09. The van der Waals surface area contributed by atoms with Gasteiger partial charge in [-0.3, -0.25) is 4.99 Å². The number of aliphatic imine (C=N–C) groups is 1. The van der Waals surface area contributed by atoms with Crippen molar-refractivity contribution in [1.82, 2.24) is 0 Å². The van der Waals surface area contributed by atoms with Crippen molar-refractivity contribution in [3.63, 3.8) is 0 Å². The van der Waals surface area contributed by atoms with Crippen molar-refractivity contribution in [3.8, 4) is 0 Å². The zero-order valence-electron chi connectivity index (χ0n) is 9.32. The first kappa shape index (κ1) is 11.1. The van der Waals surface area contributed by atoms with Gasteiger partial charge in [-0.15, -0.1) is 0 Å². The van der Waals surface area contributed by atoms with Crippen LogP contribution >= 0.6 is 9.47 Å². The average Bonchev–Trinajstić information content (AvgIpc) is 2.59. The van der Waals surface area contributed by atoms with Gasteiger partial charge < -0.3 is 9.26 Å². The molecule has 0 saturated carbocycles. The molecule has 15 heavy (non-hydrogen) atoms. The van der Waals surface area contributed by atoms with Crippen LogP contribution in [0.5, 0.6) is 0 Å². The molecule has 2 aliphatic rings. The van der Waals surface area contributed by atoms with E-state index in [1.165, 1.54) is 5.71 Å². The largest absolute Gasteiger partial charge is 0.496 e. The van der Waals surface area contributed by atoms with Gasteiger partial charge in [0.2, 0.25) is 0 Å². The van der Waals surface area contributed by atoms with Crippen LogP contribution < -0.4 is 0 Å². The van der Waals surface area contributed by atoms with Crippen molar-refractivity contribution < 1.29 is 9.26 Å². The molecule has 4 heteroatoms. The van der Waals surface area contributed by atoms with Crippen LogP contribution in [-0.4, -0.2) is 24.5 Å². The van der Waals surface area contributed by atoms with Crippen LogP contribution in [0.2, 0.25) is 0 Å². The minimum atomic E-state index is -0.185. The second kappa shape index (κ2) is 3.88. The standard InChI is InChI=1S/C11H18NO2P/c1-7-9(4-5-14-15)10-6-13-8(2)11(10,3)12-7/h9-10H,2,4-6,15H2,1,3H3/t9-,10+,11+/m0/s1. The third kappa shape index (κ3) is 1.62. The van der Waals surface area contributed by atoms with Crippen molar-refractivity contribution in [1.29, 1.82) is 0 Å². The zero-order chi connectivity index (χ0) is 11.1. The number of hydrogen-bond donors (Lipinski definition) is 0. The van der Waals surface area contributed by atoms with Crippen LogP contribution in [0.1, 0.15) is 20.3 Å². The fourth-order valence-corrected chi connectivity index (χ4v) is 2.84. The monoisotopic (exact) mass is 227 g/mol. The molecule has 3 nitrogen and oxygen atoms in total. The molecule has 0 spiro atoms. The van der Waals surface area contributed by atoms with Gasteiger partial charge in [-0.1, -0.05) is 6.58 Å². The lowest BCUT2D eigenvalue weighted by Crippen LogP contribution is -2.30. The van der Waals surface area contributed by atoms with Crippen LogP contribution in [0, 0.1) is 11.8 Å².